The van der Waals surface area contributed by atoms with Gasteiger partial charge in [0.25, 0.3) is 5.56 Å². The molecule has 0 bridgehead atoms. The third kappa shape index (κ3) is 5.05. The lowest BCUT2D eigenvalue weighted by molar-refractivity contribution is -0.128. The Bertz CT molecular complexity index is 1060. The Labute approximate surface area is 184 Å². The van der Waals surface area contributed by atoms with Gasteiger partial charge in [0.05, 0.1) is 24.9 Å². The molecule has 160 valence electrons. The zero-order chi connectivity index (χ0) is 21.5. The second kappa shape index (κ2) is 10.6. The van der Waals surface area contributed by atoms with Crippen LogP contribution in [0.15, 0.2) is 45.7 Å². The topological polar surface area (TPSA) is 64.4 Å². The van der Waals surface area contributed by atoms with E-state index in [2.05, 4.69) is 6.92 Å². The van der Waals surface area contributed by atoms with E-state index in [-0.39, 0.29) is 17.2 Å². The summed E-state index contributed by atoms with van der Waals surface area (Å²) in [5.41, 5.74) is 1.48. The van der Waals surface area contributed by atoms with Crippen molar-refractivity contribution in [3.8, 4) is 5.75 Å². The van der Waals surface area contributed by atoms with Gasteiger partial charge in [0.1, 0.15) is 10.4 Å². The summed E-state index contributed by atoms with van der Waals surface area (Å²) in [5, 5.41) is 2.42. The van der Waals surface area contributed by atoms with Crippen LogP contribution in [0.2, 0.25) is 0 Å². The summed E-state index contributed by atoms with van der Waals surface area (Å²) < 4.78 is 7.72. The molecule has 0 spiro atoms. The largest absolute Gasteiger partial charge is 0.496 e. The van der Waals surface area contributed by atoms with Crippen molar-refractivity contribution in [2.45, 2.75) is 38.4 Å². The molecule has 0 aliphatic rings. The molecule has 0 aliphatic carbocycles. The van der Waals surface area contributed by atoms with Crippen molar-refractivity contribution in [3.63, 3.8) is 0 Å². The molecule has 0 atom stereocenters. The average molecular weight is 446 g/mol. The third-order valence-corrected chi connectivity index (χ3v) is 6.75. The van der Waals surface area contributed by atoms with Crippen molar-refractivity contribution >= 4 is 39.2 Å². The number of methoxy groups -OCH3 is 1. The second-order valence-electron chi connectivity index (χ2n) is 6.85. The molecule has 8 heteroatoms. The van der Waals surface area contributed by atoms with Gasteiger partial charge in [0.15, 0.2) is 5.16 Å². The minimum absolute atomic E-state index is 0.0689. The number of benzene rings is 1. The Hall–Kier alpha value is -2.32. The van der Waals surface area contributed by atoms with Crippen LogP contribution in [0.5, 0.6) is 5.75 Å². The minimum Gasteiger partial charge on any atom is -0.496 e. The van der Waals surface area contributed by atoms with Gasteiger partial charge in [0, 0.05) is 18.7 Å². The zero-order valence-electron chi connectivity index (χ0n) is 17.6. The molecule has 3 aromatic rings. The Morgan fingerprint density at radius 3 is 2.80 bits per heavy atom. The minimum atomic E-state index is -0.0887. The SMILES string of the molecule is CCCCN(CC)C(=O)CSc1nc2ccsc2c(=O)n1Cc1ccccc1OC. The molecule has 3 rings (SSSR count). The van der Waals surface area contributed by atoms with Gasteiger partial charge >= 0.3 is 0 Å². The normalized spacial score (nSPS) is 11.0. The van der Waals surface area contributed by atoms with Crippen molar-refractivity contribution in [2.24, 2.45) is 0 Å². The van der Waals surface area contributed by atoms with Gasteiger partial charge in [-0.05, 0) is 30.9 Å². The van der Waals surface area contributed by atoms with Crippen LogP contribution < -0.4 is 10.3 Å². The van der Waals surface area contributed by atoms with E-state index < -0.39 is 0 Å². The molecule has 6 nitrogen and oxygen atoms in total. The van der Waals surface area contributed by atoms with Crippen molar-refractivity contribution < 1.29 is 9.53 Å². The number of thioether (sulfide) groups is 1. The molecule has 0 unspecified atom stereocenters. The number of hydrogen-bond acceptors (Lipinski definition) is 6. The standard InChI is InChI=1S/C22H27N3O3S2/c1-4-6-12-24(5-2)19(26)15-30-22-23-17-11-13-29-20(17)21(27)25(22)14-16-9-7-8-10-18(16)28-3/h7-11,13H,4-6,12,14-15H2,1-3H3. The average Bonchev–Trinajstić information content (AvgIpc) is 3.24. The smallest absolute Gasteiger partial charge is 0.272 e. The second-order valence-corrected chi connectivity index (χ2v) is 8.71. The highest BCUT2D eigenvalue weighted by molar-refractivity contribution is 7.99. The molecular formula is C22H27N3O3S2. The van der Waals surface area contributed by atoms with Crippen LogP contribution >= 0.6 is 23.1 Å². The van der Waals surface area contributed by atoms with E-state index in [4.69, 9.17) is 9.72 Å². The van der Waals surface area contributed by atoms with E-state index in [0.717, 1.165) is 30.7 Å². The van der Waals surface area contributed by atoms with Gasteiger partial charge in [-0.15, -0.1) is 11.3 Å². The summed E-state index contributed by atoms with van der Waals surface area (Å²) in [6, 6.07) is 9.48. The maximum atomic E-state index is 13.2. The number of hydrogen-bond donors (Lipinski definition) is 0. The Morgan fingerprint density at radius 1 is 1.27 bits per heavy atom. The molecule has 30 heavy (non-hydrogen) atoms. The van der Waals surface area contributed by atoms with Gasteiger partial charge in [0.2, 0.25) is 5.91 Å². The van der Waals surface area contributed by atoms with Crippen LogP contribution in [0.3, 0.4) is 0 Å². The van der Waals surface area contributed by atoms with Crippen LogP contribution in [0, 0.1) is 0 Å². The lowest BCUT2D eigenvalue weighted by Gasteiger charge is -2.20. The van der Waals surface area contributed by atoms with Crippen molar-refractivity contribution in [1.29, 1.82) is 0 Å². The Balaban J connectivity index is 1.90. The number of unbranched alkanes of at least 4 members (excludes halogenated alkanes) is 1. The van der Waals surface area contributed by atoms with E-state index in [1.807, 2.05) is 47.5 Å². The number of aromatic nitrogens is 2. The molecule has 1 aromatic carbocycles. The molecule has 0 saturated carbocycles. The van der Waals surface area contributed by atoms with Crippen molar-refractivity contribution in [2.75, 3.05) is 26.0 Å². The number of carbonyl (C=O) groups excluding carboxylic acids is 1. The molecule has 2 heterocycles. The maximum absolute atomic E-state index is 13.2. The van der Waals surface area contributed by atoms with E-state index in [9.17, 15) is 9.59 Å². The number of amides is 1. The summed E-state index contributed by atoms with van der Waals surface area (Å²) in [5.74, 6) is 1.05. The van der Waals surface area contributed by atoms with Gasteiger partial charge in [-0.1, -0.05) is 43.3 Å². The predicted octanol–water partition coefficient (Wildman–Crippen LogP) is 4.26. The molecule has 0 saturated heterocycles. The van der Waals surface area contributed by atoms with Crippen molar-refractivity contribution in [1.82, 2.24) is 14.5 Å². The summed E-state index contributed by atoms with van der Waals surface area (Å²) in [6.45, 7) is 5.89. The van der Waals surface area contributed by atoms with Crippen LogP contribution in [-0.2, 0) is 11.3 Å². The first-order valence-electron chi connectivity index (χ1n) is 10.1. The number of ether oxygens (including phenoxy) is 1. The van der Waals surface area contributed by atoms with E-state index in [0.29, 0.717) is 28.5 Å². The number of fused-ring (bicyclic) bond motifs is 1. The van der Waals surface area contributed by atoms with Crippen LogP contribution in [0.4, 0.5) is 0 Å². The van der Waals surface area contributed by atoms with Gasteiger partial charge in [-0.3, -0.25) is 14.2 Å². The first-order valence-corrected chi connectivity index (χ1v) is 12.0. The highest BCUT2D eigenvalue weighted by atomic mass is 32.2. The predicted molar refractivity (Wildman–Crippen MR) is 124 cm³/mol. The molecule has 0 aliphatic heterocycles. The zero-order valence-corrected chi connectivity index (χ0v) is 19.2. The monoisotopic (exact) mass is 445 g/mol. The Morgan fingerprint density at radius 2 is 2.07 bits per heavy atom. The number of carbonyl (C=O) groups is 1. The fourth-order valence-electron chi connectivity index (χ4n) is 3.20. The number of thiophene rings is 1. The Kier molecular flexibility index (Phi) is 7.93. The number of nitrogens with zero attached hydrogens (tertiary/aromatic N) is 3. The quantitative estimate of drug-likeness (QED) is 0.345. The molecule has 0 fully saturated rings. The maximum Gasteiger partial charge on any atom is 0.272 e. The fourth-order valence-corrected chi connectivity index (χ4v) is 4.88. The number of para-hydroxylation sites is 1. The van der Waals surface area contributed by atoms with Crippen LogP contribution in [-0.4, -0.2) is 46.3 Å². The van der Waals surface area contributed by atoms with E-state index in [1.54, 1.807) is 11.7 Å². The van der Waals surface area contributed by atoms with E-state index >= 15 is 0 Å². The number of rotatable bonds is 10. The highest BCUT2D eigenvalue weighted by Crippen LogP contribution is 2.24. The van der Waals surface area contributed by atoms with Crippen LogP contribution in [0.1, 0.15) is 32.3 Å². The summed E-state index contributed by atoms with van der Waals surface area (Å²) >= 11 is 2.71. The van der Waals surface area contributed by atoms with Crippen molar-refractivity contribution in [3.05, 3.63) is 51.6 Å². The highest BCUT2D eigenvalue weighted by Gasteiger charge is 2.18. The first-order chi connectivity index (χ1) is 14.6. The summed E-state index contributed by atoms with van der Waals surface area (Å²) in [4.78, 5) is 32.4. The van der Waals surface area contributed by atoms with Gasteiger partial charge in [-0.25, -0.2) is 4.98 Å². The molecular weight excluding hydrogens is 418 g/mol. The van der Waals surface area contributed by atoms with E-state index in [1.165, 1.54) is 23.1 Å². The first kappa shape index (κ1) is 22.4. The molecule has 1 amide bonds. The third-order valence-electron chi connectivity index (χ3n) is 4.89. The fraction of sp³-hybridized carbons (Fsp3) is 0.409. The van der Waals surface area contributed by atoms with Crippen LogP contribution in [0.25, 0.3) is 10.2 Å². The summed E-state index contributed by atoms with van der Waals surface area (Å²) in [6.07, 6.45) is 2.04. The molecule has 2 aromatic heterocycles. The molecule has 0 N–H and O–H groups in total. The van der Waals surface area contributed by atoms with Gasteiger partial charge in [-0.2, -0.15) is 0 Å². The summed E-state index contributed by atoms with van der Waals surface area (Å²) in [7, 11) is 1.62. The van der Waals surface area contributed by atoms with Gasteiger partial charge < -0.3 is 9.64 Å². The molecule has 0 radical (unpaired) electrons. The lowest BCUT2D eigenvalue weighted by atomic mass is 10.2. The lowest BCUT2D eigenvalue weighted by Crippen LogP contribution is -2.33.